The number of carbonyl (C=O) groups excluding carboxylic acids is 1. The Labute approximate surface area is 87.9 Å². The lowest BCUT2D eigenvalue weighted by molar-refractivity contribution is 0.0600. The molecule has 0 unspecified atom stereocenters. The minimum Gasteiger partial charge on any atom is -0.465 e. The summed E-state index contributed by atoms with van der Waals surface area (Å²) < 4.78 is 4.46. The van der Waals surface area contributed by atoms with Crippen molar-refractivity contribution < 1.29 is 9.53 Å². The Kier molecular flexibility index (Phi) is 4.66. The minimum absolute atomic E-state index is 0.354. The number of aromatic amines is 1. The van der Waals surface area contributed by atoms with Gasteiger partial charge in [0.1, 0.15) is 0 Å². The number of H-pyrrole nitrogens is 1. The highest BCUT2D eigenvalue weighted by Crippen LogP contribution is 1.96. The van der Waals surface area contributed by atoms with Gasteiger partial charge in [0.05, 0.1) is 12.7 Å². The van der Waals surface area contributed by atoms with Gasteiger partial charge in [0, 0.05) is 24.8 Å². The van der Waals surface area contributed by atoms with E-state index in [1.165, 1.54) is 13.3 Å². The van der Waals surface area contributed by atoms with Gasteiger partial charge in [-0.1, -0.05) is 0 Å². The molecule has 1 N–H and O–H groups in total. The van der Waals surface area contributed by atoms with Gasteiger partial charge in [0.25, 0.3) is 0 Å². The Morgan fingerprint density at radius 3 is 2.47 bits per heavy atom. The predicted octanol–water partition coefficient (Wildman–Crippen LogP) is 1.88. The summed E-state index contributed by atoms with van der Waals surface area (Å²) >= 11 is 0. The molecule has 0 amide bonds. The van der Waals surface area contributed by atoms with E-state index in [4.69, 9.17) is 0 Å². The van der Waals surface area contributed by atoms with Crippen LogP contribution in [0.1, 0.15) is 10.4 Å². The van der Waals surface area contributed by atoms with Crippen molar-refractivity contribution in [2.75, 3.05) is 7.11 Å². The fraction of sp³-hybridized carbons (Fsp3) is 0.0909. The van der Waals surface area contributed by atoms with Gasteiger partial charge in [0.2, 0.25) is 0 Å². The predicted molar refractivity (Wildman–Crippen MR) is 56.4 cm³/mol. The number of ether oxygens (including phenoxy) is 1. The Balaban J connectivity index is 0.000000187. The number of nitrogens with one attached hydrogen (secondary N) is 1. The first-order chi connectivity index (χ1) is 7.34. The number of rotatable bonds is 1. The van der Waals surface area contributed by atoms with E-state index in [1.807, 2.05) is 24.5 Å². The van der Waals surface area contributed by atoms with Gasteiger partial charge < -0.3 is 9.72 Å². The average Bonchev–Trinajstić information content (AvgIpc) is 2.88. The Morgan fingerprint density at radius 2 is 2.07 bits per heavy atom. The van der Waals surface area contributed by atoms with E-state index < -0.39 is 0 Å². The maximum Gasteiger partial charge on any atom is 0.339 e. The van der Waals surface area contributed by atoms with Crippen molar-refractivity contribution in [3.8, 4) is 0 Å². The van der Waals surface area contributed by atoms with Gasteiger partial charge in [-0.25, -0.2) is 4.79 Å². The molecule has 15 heavy (non-hydrogen) atoms. The zero-order valence-electron chi connectivity index (χ0n) is 8.38. The fourth-order valence-electron chi connectivity index (χ4n) is 0.879. The first-order valence-electron chi connectivity index (χ1n) is 4.40. The van der Waals surface area contributed by atoms with Crippen LogP contribution in [0.5, 0.6) is 0 Å². The van der Waals surface area contributed by atoms with Crippen LogP contribution in [0.15, 0.2) is 49.1 Å². The molecule has 2 rings (SSSR count). The minimum atomic E-state index is -0.354. The number of carbonyl (C=O) groups is 1. The molecule has 0 atom stereocenters. The Morgan fingerprint density at radius 1 is 1.33 bits per heavy atom. The third-order valence-electron chi connectivity index (χ3n) is 1.58. The highest BCUT2D eigenvalue weighted by Gasteiger charge is 2.01. The number of methoxy groups -OCH3 is 1. The third-order valence-corrected chi connectivity index (χ3v) is 1.58. The molecule has 0 saturated heterocycles. The summed E-state index contributed by atoms with van der Waals surface area (Å²) in [6.07, 6.45) is 6.82. The highest BCUT2D eigenvalue weighted by molar-refractivity contribution is 5.88. The second kappa shape index (κ2) is 6.37. The number of hydrogen-bond donors (Lipinski definition) is 1. The molecule has 0 aliphatic carbocycles. The van der Waals surface area contributed by atoms with Crippen LogP contribution in [0.4, 0.5) is 0 Å². The van der Waals surface area contributed by atoms with Gasteiger partial charge in [-0.15, -0.1) is 0 Å². The van der Waals surface area contributed by atoms with E-state index in [1.54, 1.807) is 18.3 Å². The van der Waals surface area contributed by atoms with Crippen molar-refractivity contribution in [2.24, 2.45) is 0 Å². The summed E-state index contributed by atoms with van der Waals surface area (Å²) in [7, 11) is 1.34. The van der Waals surface area contributed by atoms with Crippen LogP contribution in [-0.4, -0.2) is 23.0 Å². The summed E-state index contributed by atoms with van der Waals surface area (Å²) in [5.74, 6) is -0.354. The Hall–Kier alpha value is -2.10. The van der Waals surface area contributed by atoms with Crippen LogP contribution in [0.2, 0.25) is 0 Å². The van der Waals surface area contributed by atoms with Crippen molar-refractivity contribution in [1.82, 2.24) is 9.97 Å². The molecule has 4 nitrogen and oxygen atoms in total. The van der Waals surface area contributed by atoms with Crippen LogP contribution in [0.25, 0.3) is 0 Å². The molecule has 0 fully saturated rings. The van der Waals surface area contributed by atoms with Gasteiger partial charge in [-0.2, -0.15) is 0 Å². The lowest BCUT2D eigenvalue weighted by Crippen LogP contribution is -2.00. The molecule has 2 heterocycles. The summed E-state index contributed by atoms with van der Waals surface area (Å²) in [4.78, 5) is 17.4. The SMILES string of the molecule is COC(=O)c1cccnc1.c1cc[nH]c1. The topological polar surface area (TPSA) is 55.0 Å². The van der Waals surface area contributed by atoms with Gasteiger partial charge in [-0.05, 0) is 24.3 Å². The van der Waals surface area contributed by atoms with E-state index in [9.17, 15) is 4.79 Å². The standard InChI is InChI=1S/C7H7NO2.C4H5N/c1-10-7(9)6-3-2-4-8-5-6;1-2-4-5-3-1/h2-5H,1H3;1-5H. The molecule has 78 valence electrons. The lowest BCUT2D eigenvalue weighted by atomic mass is 10.3. The molecule has 0 aromatic carbocycles. The van der Waals surface area contributed by atoms with Crippen LogP contribution in [0.3, 0.4) is 0 Å². The van der Waals surface area contributed by atoms with Crippen molar-refractivity contribution in [3.63, 3.8) is 0 Å². The molecule has 4 heteroatoms. The van der Waals surface area contributed by atoms with Gasteiger partial charge in [0.15, 0.2) is 0 Å². The van der Waals surface area contributed by atoms with Crippen molar-refractivity contribution in [1.29, 1.82) is 0 Å². The van der Waals surface area contributed by atoms with E-state index in [2.05, 4.69) is 14.7 Å². The maximum absolute atomic E-state index is 10.8. The molecule has 0 radical (unpaired) electrons. The third kappa shape index (κ3) is 4.08. The zero-order valence-corrected chi connectivity index (χ0v) is 8.38. The normalized spacial score (nSPS) is 8.60. The Bertz CT molecular complexity index is 354. The molecule has 0 aliphatic rings. The van der Waals surface area contributed by atoms with Crippen LogP contribution in [-0.2, 0) is 4.74 Å². The molecule has 0 aliphatic heterocycles. The molecule has 0 saturated carbocycles. The summed E-state index contributed by atoms with van der Waals surface area (Å²) in [5.41, 5.74) is 0.477. The van der Waals surface area contributed by atoms with Crippen LogP contribution in [0, 0.1) is 0 Å². The molecule has 2 aromatic heterocycles. The van der Waals surface area contributed by atoms with Crippen molar-refractivity contribution in [2.45, 2.75) is 0 Å². The summed E-state index contributed by atoms with van der Waals surface area (Å²) in [6.45, 7) is 0. The van der Waals surface area contributed by atoms with E-state index in [0.29, 0.717) is 5.56 Å². The second-order valence-electron chi connectivity index (χ2n) is 2.62. The van der Waals surface area contributed by atoms with Gasteiger partial charge in [-0.3, -0.25) is 4.98 Å². The molecular formula is C11H12N2O2. The smallest absolute Gasteiger partial charge is 0.339 e. The van der Waals surface area contributed by atoms with E-state index >= 15 is 0 Å². The fourth-order valence-corrected chi connectivity index (χ4v) is 0.879. The van der Waals surface area contributed by atoms with Crippen LogP contribution >= 0.6 is 0 Å². The number of esters is 1. The summed E-state index contributed by atoms with van der Waals surface area (Å²) in [6, 6.07) is 7.23. The molecule has 0 bridgehead atoms. The zero-order chi connectivity index (χ0) is 10.9. The summed E-state index contributed by atoms with van der Waals surface area (Å²) in [5, 5.41) is 0. The monoisotopic (exact) mass is 204 g/mol. The molecular weight excluding hydrogens is 192 g/mol. The number of nitrogens with zero attached hydrogens (tertiary/aromatic N) is 1. The van der Waals surface area contributed by atoms with Gasteiger partial charge >= 0.3 is 5.97 Å². The van der Waals surface area contributed by atoms with Crippen LogP contribution < -0.4 is 0 Å². The van der Waals surface area contributed by atoms with Crippen molar-refractivity contribution >= 4 is 5.97 Å². The number of hydrogen-bond acceptors (Lipinski definition) is 3. The first-order valence-corrected chi connectivity index (χ1v) is 4.40. The number of pyridine rings is 1. The lowest BCUT2D eigenvalue weighted by Gasteiger charge is -1.94. The van der Waals surface area contributed by atoms with E-state index in [0.717, 1.165) is 0 Å². The molecule has 2 aromatic rings. The highest BCUT2D eigenvalue weighted by atomic mass is 16.5. The first kappa shape index (κ1) is 11.0. The quantitative estimate of drug-likeness (QED) is 0.721. The van der Waals surface area contributed by atoms with Crippen molar-refractivity contribution in [3.05, 3.63) is 54.6 Å². The second-order valence-corrected chi connectivity index (χ2v) is 2.62. The van der Waals surface area contributed by atoms with E-state index in [-0.39, 0.29) is 5.97 Å². The molecule has 0 spiro atoms. The average molecular weight is 204 g/mol. The largest absolute Gasteiger partial charge is 0.465 e. The number of aromatic nitrogens is 2. The maximum atomic E-state index is 10.8.